The molecule has 1 saturated carbocycles. The van der Waals surface area contributed by atoms with Crippen molar-refractivity contribution in [1.29, 1.82) is 0 Å². The molecule has 1 fully saturated rings. The van der Waals surface area contributed by atoms with Gasteiger partial charge in [0.1, 0.15) is 0 Å². The van der Waals surface area contributed by atoms with Gasteiger partial charge < -0.3 is 10.1 Å². The lowest BCUT2D eigenvalue weighted by molar-refractivity contribution is 0.107. The molecule has 0 aromatic carbocycles. The van der Waals surface area contributed by atoms with Gasteiger partial charge in [0.2, 0.25) is 0 Å². The zero-order valence-electron chi connectivity index (χ0n) is 8.53. The molecule has 0 aliphatic heterocycles. The van der Waals surface area contributed by atoms with Crippen LogP contribution < -0.4 is 5.32 Å². The van der Waals surface area contributed by atoms with Crippen LogP contribution in [-0.4, -0.2) is 19.3 Å². The molecule has 1 aliphatic rings. The maximum absolute atomic E-state index is 5.34. The first-order valence-electron chi connectivity index (χ1n) is 5.15. The van der Waals surface area contributed by atoms with Crippen molar-refractivity contribution in [1.82, 2.24) is 5.32 Å². The van der Waals surface area contributed by atoms with Gasteiger partial charge in [0.05, 0.1) is 6.10 Å². The Morgan fingerprint density at radius 2 is 2.50 bits per heavy atom. The van der Waals surface area contributed by atoms with Crippen molar-refractivity contribution in [2.45, 2.75) is 38.0 Å². The van der Waals surface area contributed by atoms with E-state index < -0.39 is 0 Å². The Kier molecular flexibility index (Phi) is 3.56. The normalized spacial score (nSPS) is 26.9. The molecule has 2 rings (SSSR count). The smallest absolute Gasteiger partial charge is 0.0586 e. The van der Waals surface area contributed by atoms with Crippen molar-refractivity contribution >= 4 is 11.3 Å². The maximum Gasteiger partial charge on any atom is 0.0586 e. The van der Waals surface area contributed by atoms with Crippen molar-refractivity contribution in [3.63, 3.8) is 0 Å². The molecular weight excluding hydrogens is 194 g/mol. The molecule has 1 N–H and O–H groups in total. The largest absolute Gasteiger partial charge is 0.381 e. The number of hydrogen-bond acceptors (Lipinski definition) is 3. The molecule has 2 atom stereocenters. The lowest BCUT2D eigenvalue weighted by Gasteiger charge is -2.11. The van der Waals surface area contributed by atoms with Crippen LogP contribution in [-0.2, 0) is 11.3 Å². The fraction of sp³-hybridized carbons (Fsp3) is 0.636. The van der Waals surface area contributed by atoms with Crippen molar-refractivity contribution in [2.75, 3.05) is 7.11 Å². The molecule has 2 nitrogen and oxygen atoms in total. The standard InChI is InChI=1S/C11H17NOS/c1-13-11-3-2-10(6-11)12-7-9-4-5-14-8-9/h4-5,8,10-12H,2-3,6-7H2,1H3. The van der Waals surface area contributed by atoms with E-state index in [9.17, 15) is 0 Å². The van der Waals surface area contributed by atoms with Crippen LogP contribution in [0.5, 0.6) is 0 Å². The average molecular weight is 211 g/mol. The molecule has 1 aliphatic carbocycles. The SMILES string of the molecule is COC1CCC(NCc2ccsc2)C1. The lowest BCUT2D eigenvalue weighted by atomic mass is 10.2. The molecular formula is C11H17NOS. The third-order valence-corrected chi connectivity index (χ3v) is 3.62. The summed E-state index contributed by atoms with van der Waals surface area (Å²) in [4.78, 5) is 0. The van der Waals surface area contributed by atoms with Crippen molar-refractivity contribution in [2.24, 2.45) is 0 Å². The molecule has 1 aromatic rings. The average Bonchev–Trinajstić information content (AvgIpc) is 2.86. The summed E-state index contributed by atoms with van der Waals surface area (Å²) in [5.41, 5.74) is 1.40. The van der Waals surface area contributed by atoms with E-state index in [0.29, 0.717) is 12.1 Å². The zero-order chi connectivity index (χ0) is 9.80. The molecule has 78 valence electrons. The second-order valence-electron chi connectivity index (χ2n) is 3.88. The molecule has 0 saturated heterocycles. The van der Waals surface area contributed by atoms with E-state index >= 15 is 0 Å². The number of methoxy groups -OCH3 is 1. The summed E-state index contributed by atoms with van der Waals surface area (Å²) in [6.07, 6.45) is 4.11. The van der Waals surface area contributed by atoms with Gasteiger partial charge >= 0.3 is 0 Å². The first kappa shape index (κ1) is 10.1. The highest BCUT2D eigenvalue weighted by Crippen LogP contribution is 2.21. The summed E-state index contributed by atoms with van der Waals surface area (Å²) in [6, 6.07) is 2.83. The third-order valence-electron chi connectivity index (χ3n) is 2.89. The zero-order valence-corrected chi connectivity index (χ0v) is 9.35. The molecule has 14 heavy (non-hydrogen) atoms. The lowest BCUT2D eigenvalue weighted by Crippen LogP contribution is -2.26. The van der Waals surface area contributed by atoms with E-state index in [0.717, 1.165) is 6.54 Å². The number of hydrogen-bond donors (Lipinski definition) is 1. The third kappa shape index (κ3) is 2.56. The van der Waals surface area contributed by atoms with Gasteiger partial charge in [0.15, 0.2) is 0 Å². The van der Waals surface area contributed by atoms with Crippen molar-refractivity contribution < 1.29 is 4.74 Å². The summed E-state index contributed by atoms with van der Waals surface area (Å²) in [7, 11) is 1.81. The van der Waals surface area contributed by atoms with E-state index in [4.69, 9.17) is 4.74 Å². The second-order valence-corrected chi connectivity index (χ2v) is 4.66. The van der Waals surface area contributed by atoms with Crippen LogP contribution in [0.25, 0.3) is 0 Å². The van der Waals surface area contributed by atoms with Gasteiger partial charge in [-0.15, -0.1) is 0 Å². The van der Waals surface area contributed by atoms with E-state index in [2.05, 4.69) is 22.1 Å². The molecule has 3 heteroatoms. The minimum atomic E-state index is 0.481. The number of rotatable bonds is 4. The number of nitrogens with one attached hydrogen (secondary N) is 1. The topological polar surface area (TPSA) is 21.3 Å². The van der Waals surface area contributed by atoms with E-state index in [1.165, 1.54) is 24.8 Å². The van der Waals surface area contributed by atoms with Crippen molar-refractivity contribution in [3.05, 3.63) is 22.4 Å². The van der Waals surface area contributed by atoms with Gasteiger partial charge in [0, 0.05) is 19.7 Å². The molecule has 2 unspecified atom stereocenters. The number of thiophene rings is 1. The summed E-state index contributed by atoms with van der Waals surface area (Å²) >= 11 is 1.76. The van der Waals surface area contributed by atoms with Gasteiger partial charge in [-0.25, -0.2) is 0 Å². The molecule has 0 amide bonds. The first-order valence-corrected chi connectivity index (χ1v) is 6.10. The van der Waals surface area contributed by atoms with E-state index in [-0.39, 0.29) is 0 Å². The van der Waals surface area contributed by atoms with Crippen molar-refractivity contribution in [3.8, 4) is 0 Å². The quantitative estimate of drug-likeness (QED) is 0.825. The predicted molar refractivity (Wildman–Crippen MR) is 59.6 cm³/mol. The van der Waals surface area contributed by atoms with Crippen LogP contribution in [0.3, 0.4) is 0 Å². The van der Waals surface area contributed by atoms with Crippen LogP contribution in [0.1, 0.15) is 24.8 Å². The van der Waals surface area contributed by atoms with Crippen LogP contribution in [0, 0.1) is 0 Å². The second kappa shape index (κ2) is 4.91. The molecule has 0 radical (unpaired) electrons. The van der Waals surface area contributed by atoms with Crippen LogP contribution in [0.4, 0.5) is 0 Å². The molecule has 1 aromatic heterocycles. The Bertz CT molecular complexity index is 260. The Labute approximate surface area is 89.3 Å². The van der Waals surface area contributed by atoms with Gasteiger partial charge in [-0.1, -0.05) is 0 Å². The monoisotopic (exact) mass is 211 g/mol. The van der Waals surface area contributed by atoms with Gasteiger partial charge in [-0.2, -0.15) is 11.3 Å². The minimum absolute atomic E-state index is 0.481. The summed E-state index contributed by atoms with van der Waals surface area (Å²) in [5, 5.41) is 7.91. The van der Waals surface area contributed by atoms with Gasteiger partial charge in [-0.3, -0.25) is 0 Å². The Hall–Kier alpha value is -0.380. The Balaban J connectivity index is 1.72. The number of ether oxygens (including phenoxy) is 1. The van der Waals surface area contributed by atoms with Crippen LogP contribution in [0.2, 0.25) is 0 Å². The summed E-state index contributed by atoms with van der Waals surface area (Å²) < 4.78 is 5.34. The fourth-order valence-electron chi connectivity index (χ4n) is 2.00. The highest BCUT2D eigenvalue weighted by molar-refractivity contribution is 7.07. The first-order chi connectivity index (χ1) is 6.88. The highest BCUT2D eigenvalue weighted by Gasteiger charge is 2.23. The molecule has 0 spiro atoms. The predicted octanol–water partition coefficient (Wildman–Crippen LogP) is 2.41. The van der Waals surface area contributed by atoms with Gasteiger partial charge in [-0.05, 0) is 41.7 Å². The van der Waals surface area contributed by atoms with Crippen LogP contribution in [0.15, 0.2) is 16.8 Å². The summed E-state index contributed by atoms with van der Waals surface area (Å²) in [6.45, 7) is 1.00. The Morgan fingerprint density at radius 3 is 3.14 bits per heavy atom. The van der Waals surface area contributed by atoms with E-state index in [1.807, 2.05) is 7.11 Å². The summed E-state index contributed by atoms with van der Waals surface area (Å²) in [5.74, 6) is 0. The Morgan fingerprint density at radius 1 is 1.57 bits per heavy atom. The van der Waals surface area contributed by atoms with E-state index in [1.54, 1.807) is 11.3 Å². The highest BCUT2D eigenvalue weighted by atomic mass is 32.1. The van der Waals surface area contributed by atoms with Crippen LogP contribution >= 0.6 is 11.3 Å². The fourth-order valence-corrected chi connectivity index (χ4v) is 2.66. The maximum atomic E-state index is 5.34. The molecule has 0 bridgehead atoms. The minimum Gasteiger partial charge on any atom is -0.381 e. The molecule has 1 heterocycles. The van der Waals surface area contributed by atoms with Gasteiger partial charge in [0.25, 0.3) is 0 Å².